The molecule has 5 heterocycles. The van der Waals surface area contributed by atoms with Crippen LogP contribution < -0.4 is 11.3 Å². The van der Waals surface area contributed by atoms with Crippen molar-refractivity contribution in [2.24, 2.45) is 0 Å². The lowest BCUT2D eigenvalue weighted by Crippen LogP contribution is -2.38. The summed E-state index contributed by atoms with van der Waals surface area (Å²) in [5, 5.41) is 10.2. The van der Waals surface area contributed by atoms with E-state index in [2.05, 4.69) is 20.0 Å². The molecule has 5 aromatic rings. The third-order valence-corrected chi connectivity index (χ3v) is 7.97. The van der Waals surface area contributed by atoms with Gasteiger partial charge in [-0.3, -0.25) is 18.9 Å². The van der Waals surface area contributed by atoms with Gasteiger partial charge in [-0.05, 0) is 31.4 Å². The van der Waals surface area contributed by atoms with Crippen LogP contribution in [-0.4, -0.2) is 76.8 Å². The van der Waals surface area contributed by atoms with Crippen molar-refractivity contribution in [1.29, 1.82) is 0 Å². The van der Waals surface area contributed by atoms with Crippen molar-refractivity contribution in [2.45, 2.75) is 44.8 Å². The Morgan fingerprint density at radius 3 is 2.76 bits per heavy atom. The van der Waals surface area contributed by atoms with Gasteiger partial charge in [-0.2, -0.15) is 10.2 Å². The first kappa shape index (κ1) is 25.7. The molecule has 0 spiro atoms. The fourth-order valence-corrected chi connectivity index (χ4v) is 5.70. The third-order valence-electron chi connectivity index (χ3n) is 7.97. The number of morpholine rings is 1. The summed E-state index contributed by atoms with van der Waals surface area (Å²) in [6.07, 6.45) is 7.39. The summed E-state index contributed by atoms with van der Waals surface area (Å²) in [7, 11) is 0. The molecule has 212 valence electrons. The average molecular weight is 559 g/mol. The van der Waals surface area contributed by atoms with Crippen LogP contribution in [0.25, 0.3) is 33.2 Å². The smallest absolute Gasteiger partial charge is 0.264 e. The SMILES string of the molecule is CCC(c1nc2cccc(F)c2c(=O)n1C1CC1)n1nc(-c2cnn(CCN3CCOCC3)c2)c2c(N)ncnc21. The van der Waals surface area contributed by atoms with Crippen LogP contribution in [0.3, 0.4) is 0 Å². The molecule has 1 unspecified atom stereocenters. The maximum Gasteiger partial charge on any atom is 0.264 e. The van der Waals surface area contributed by atoms with Crippen molar-refractivity contribution in [1.82, 2.24) is 44.0 Å². The zero-order valence-corrected chi connectivity index (χ0v) is 22.8. The molecule has 0 radical (unpaired) electrons. The molecule has 12 nitrogen and oxygen atoms in total. The molecule has 1 aromatic carbocycles. The topological polar surface area (TPSA) is 135 Å². The van der Waals surface area contributed by atoms with Gasteiger partial charge in [0.1, 0.15) is 40.9 Å². The summed E-state index contributed by atoms with van der Waals surface area (Å²) in [6, 6.07) is 4.08. The molecule has 0 amide bonds. The monoisotopic (exact) mass is 558 g/mol. The van der Waals surface area contributed by atoms with E-state index < -0.39 is 11.9 Å². The molecule has 13 heteroatoms. The Morgan fingerprint density at radius 2 is 1.98 bits per heavy atom. The Morgan fingerprint density at radius 1 is 1.15 bits per heavy atom. The van der Waals surface area contributed by atoms with E-state index in [1.807, 2.05) is 17.8 Å². The standard InChI is InChI=1S/C28H31FN10O2/c1-2-21(26-34-20-5-3-4-19(29)22(20)28(40)38(26)18-6-7-18)39-27-23(25(30)31-16-32-27)24(35-39)17-14-33-37(15-17)9-8-36-10-12-41-13-11-36/h3-5,14-16,18,21H,2,6-13H2,1H3,(H2,30,31,32). The average Bonchev–Trinajstić information content (AvgIpc) is 3.57. The molecule has 0 bridgehead atoms. The van der Waals surface area contributed by atoms with Crippen molar-refractivity contribution < 1.29 is 9.13 Å². The van der Waals surface area contributed by atoms with E-state index in [9.17, 15) is 9.18 Å². The van der Waals surface area contributed by atoms with Gasteiger partial charge >= 0.3 is 0 Å². The second kappa shape index (κ2) is 10.3. The molecule has 41 heavy (non-hydrogen) atoms. The van der Waals surface area contributed by atoms with E-state index >= 15 is 0 Å². The second-order valence-corrected chi connectivity index (χ2v) is 10.6. The molecule has 7 rings (SSSR count). The number of nitrogens with two attached hydrogens (primary N) is 1. The van der Waals surface area contributed by atoms with Gasteiger partial charge in [0, 0.05) is 37.4 Å². The van der Waals surface area contributed by atoms with Crippen molar-refractivity contribution in [2.75, 3.05) is 38.6 Å². The fourth-order valence-electron chi connectivity index (χ4n) is 5.70. The molecule has 2 N–H and O–H groups in total. The number of hydrogen-bond donors (Lipinski definition) is 1. The van der Waals surface area contributed by atoms with E-state index in [1.165, 1.54) is 12.4 Å². The zero-order valence-electron chi connectivity index (χ0n) is 22.8. The first-order valence-corrected chi connectivity index (χ1v) is 14.1. The van der Waals surface area contributed by atoms with E-state index in [-0.39, 0.29) is 17.0 Å². The number of anilines is 1. The number of fused-ring (bicyclic) bond motifs is 2. The summed E-state index contributed by atoms with van der Waals surface area (Å²) in [6.45, 7) is 6.94. The zero-order chi connectivity index (χ0) is 28.1. The lowest BCUT2D eigenvalue weighted by molar-refractivity contribution is 0.0360. The van der Waals surface area contributed by atoms with Crippen LogP contribution >= 0.6 is 0 Å². The molecule has 1 aliphatic carbocycles. The first-order chi connectivity index (χ1) is 20.0. The highest BCUT2D eigenvalue weighted by Crippen LogP contribution is 2.39. The number of halogens is 1. The van der Waals surface area contributed by atoms with Crippen LogP contribution in [0.2, 0.25) is 0 Å². The number of benzene rings is 1. The Kier molecular flexibility index (Phi) is 6.47. The molecule has 1 saturated heterocycles. The first-order valence-electron chi connectivity index (χ1n) is 14.1. The van der Waals surface area contributed by atoms with Crippen LogP contribution in [0.5, 0.6) is 0 Å². The maximum absolute atomic E-state index is 14.7. The van der Waals surface area contributed by atoms with E-state index in [4.69, 9.17) is 20.6 Å². The van der Waals surface area contributed by atoms with E-state index in [0.29, 0.717) is 40.3 Å². The molecule has 1 aliphatic heterocycles. The van der Waals surface area contributed by atoms with Crippen molar-refractivity contribution in [3.8, 4) is 11.3 Å². The Labute approximate surface area is 234 Å². The van der Waals surface area contributed by atoms with Gasteiger partial charge in [0.25, 0.3) is 5.56 Å². The Bertz CT molecular complexity index is 1800. The number of nitrogens with zero attached hydrogens (tertiary/aromatic N) is 9. The lowest BCUT2D eigenvalue weighted by Gasteiger charge is -2.26. The summed E-state index contributed by atoms with van der Waals surface area (Å²) in [5.41, 5.74) is 8.30. The van der Waals surface area contributed by atoms with Crippen LogP contribution in [-0.2, 0) is 11.3 Å². The molecule has 4 aromatic heterocycles. The van der Waals surface area contributed by atoms with Gasteiger partial charge in [0.05, 0.1) is 36.9 Å². The van der Waals surface area contributed by atoms with Gasteiger partial charge in [0.2, 0.25) is 0 Å². The minimum Gasteiger partial charge on any atom is -0.383 e. The maximum atomic E-state index is 14.7. The Hall–Kier alpha value is -4.23. The lowest BCUT2D eigenvalue weighted by atomic mass is 10.1. The normalized spacial score (nSPS) is 17.0. The molecule has 1 atom stereocenters. The number of nitrogen functional groups attached to an aromatic ring is 1. The van der Waals surface area contributed by atoms with Crippen LogP contribution in [0, 0.1) is 5.82 Å². The summed E-state index contributed by atoms with van der Waals surface area (Å²) in [4.78, 5) is 29.6. The van der Waals surface area contributed by atoms with Crippen LogP contribution in [0.15, 0.2) is 41.7 Å². The molecule has 1 saturated carbocycles. The van der Waals surface area contributed by atoms with Crippen molar-refractivity contribution in [3.63, 3.8) is 0 Å². The highest BCUT2D eigenvalue weighted by molar-refractivity contribution is 5.98. The van der Waals surface area contributed by atoms with Gasteiger partial charge in [0.15, 0.2) is 5.65 Å². The van der Waals surface area contributed by atoms with Crippen molar-refractivity contribution in [3.05, 3.63) is 58.9 Å². The summed E-state index contributed by atoms with van der Waals surface area (Å²) >= 11 is 0. The van der Waals surface area contributed by atoms with Gasteiger partial charge in [-0.1, -0.05) is 13.0 Å². The van der Waals surface area contributed by atoms with E-state index in [1.54, 1.807) is 27.6 Å². The quantitative estimate of drug-likeness (QED) is 0.305. The largest absolute Gasteiger partial charge is 0.383 e. The summed E-state index contributed by atoms with van der Waals surface area (Å²) in [5.74, 6) is 0.278. The molecular formula is C28H31FN10O2. The third kappa shape index (κ3) is 4.54. The van der Waals surface area contributed by atoms with E-state index in [0.717, 1.165) is 57.8 Å². The molecule has 2 fully saturated rings. The minimum atomic E-state index is -0.563. The van der Waals surface area contributed by atoms with Gasteiger partial charge < -0.3 is 10.5 Å². The number of hydrogen-bond acceptors (Lipinski definition) is 9. The predicted molar refractivity (Wildman–Crippen MR) is 151 cm³/mol. The highest BCUT2D eigenvalue weighted by Gasteiger charge is 2.33. The predicted octanol–water partition coefficient (Wildman–Crippen LogP) is 2.79. The highest BCUT2D eigenvalue weighted by atomic mass is 19.1. The van der Waals surface area contributed by atoms with Crippen molar-refractivity contribution >= 4 is 27.8 Å². The molecular weight excluding hydrogens is 527 g/mol. The minimum absolute atomic E-state index is 0.0140. The Balaban J connectivity index is 1.32. The van der Waals surface area contributed by atoms with Crippen LogP contribution in [0.4, 0.5) is 10.2 Å². The second-order valence-electron chi connectivity index (χ2n) is 10.6. The van der Waals surface area contributed by atoms with Gasteiger partial charge in [-0.15, -0.1) is 0 Å². The number of aromatic nitrogens is 8. The van der Waals surface area contributed by atoms with Gasteiger partial charge in [-0.25, -0.2) is 24.0 Å². The molecule has 2 aliphatic rings. The fraction of sp³-hybridized carbons (Fsp3) is 0.429. The number of ether oxygens (including phenoxy) is 1. The van der Waals surface area contributed by atoms with Crippen LogP contribution in [0.1, 0.15) is 44.1 Å². The number of rotatable bonds is 8. The summed E-state index contributed by atoms with van der Waals surface area (Å²) < 4.78 is 25.5.